The van der Waals surface area contributed by atoms with Gasteiger partial charge in [-0.1, -0.05) is 13.0 Å². The van der Waals surface area contributed by atoms with E-state index < -0.39 is 0 Å². The molecule has 3 rings (SSSR count). The minimum atomic E-state index is 0.302. The van der Waals surface area contributed by atoms with E-state index in [0.717, 1.165) is 30.0 Å². The van der Waals surface area contributed by atoms with Crippen LogP contribution in [0.1, 0.15) is 24.3 Å². The number of aryl methyl sites for hydroxylation is 1. The first-order chi connectivity index (χ1) is 9.74. The van der Waals surface area contributed by atoms with Gasteiger partial charge in [-0.05, 0) is 24.7 Å². The van der Waals surface area contributed by atoms with Crippen LogP contribution >= 0.6 is 0 Å². The van der Waals surface area contributed by atoms with Crippen LogP contribution < -0.4 is 9.47 Å². The van der Waals surface area contributed by atoms with Crippen LogP contribution in [-0.4, -0.2) is 28.9 Å². The molecule has 0 radical (unpaired) electrons. The van der Waals surface area contributed by atoms with Crippen molar-refractivity contribution in [1.29, 1.82) is 0 Å². The Balaban J connectivity index is 1.62. The maximum Gasteiger partial charge on any atom is 0.231 e. The highest BCUT2D eigenvalue weighted by Gasteiger charge is 2.14. The number of rotatable bonds is 5. The predicted molar refractivity (Wildman–Crippen MR) is 71.4 cm³/mol. The Morgan fingerprint density at radius 1 is 1.10 bits per heavy atom. The van der Waals surface area contributed by atoms with Crippen LogP contribution in [0, 0.1) is 0 Å². The predicted octanol–water partition coefficient (Wildman–Crippen LogP) is 1.99. The lowest BCUT2D eigenvalue weighted by atomic mass is 10.2. The summed E-state index contributed by atoms with van der Waals surface area (Å²) in [7, 11) is 2.01. The molecule has 20 heavy (non-hydrogen) atoms. The Bertz CT molecular complexity index is 597. The Kier molecular flexibility index (Phi) is 3.56. The van der Waals surface area contributed by atoms with Gasteiger partial charge < -0.3 is 13.9 Å². The molecule has 0 saturated carbocycles. The van der Waals surface area contributed by atoms with Gasteiger partial charge in [0.2, 0.25) is 18.6 Å². The van der Waals surface area contributed by atoms with Crippen LogP contribution in [0.4, 0.5) is 0 Å². The van der Waals surface area contributed by atoms with E-state index in [1.165, 1.54) is 0 Å². The van der Waals surface area contributed by atoms with Crippen molar-refractivity contribution in [3.8, 4) is 11.5 Å². The molecule has 2 heterocycles. The van der Waals surface area contributed by atoms with E-state index in [-0.39, 0.29) is 0 Å². The summed E-state index contributed by atoms with van der Waals surface area (Å²) < 4.78 is 16.2. The molecule has 0 bridgehead atoms. The molecule has 106 valence electrons. The molecule has 1 aliphatic rings. The van der Waals surface area contributed by atoms with Gasteiger partial charge in [0.1, 0.15) is 0 Å². The first-order valence-corrected chi connectivity index (χ1v) is 6.63. The Hall–Kier alpha value is -2.08. The van der Waals surface area contributed by atoms with E-state index in [9.17, 15) is 0 Å². The average Bonchev–Trinajstić information content (AvgIpc) is 3.06. The lowest BCUT2D eigenvalue weighted by Crippen LogP contribution is -2.17. The van der Waals surface area contributed by atoms with Gasteiger partial charge in [-0.2, -0.15) is 0 Å². The second-order valence-electron chi connectivity index (χ2n) is 4.80. The molecule has 0 N–H and O–H groups in total. The largest absolute Gasteiger partial charge is 0.454 e. The molecule has 0 fully saturated rings. The number of hydrogen-bond donors (Lipinski definition) is 0. The van der Waals surface area contributed by atoms with Crippen LogP contribution in [0.15, 0.2) is 22.6 Å². The topological polar surface area (TPSA) is 60.6 Å². The first kappa shape index (κ1) is 12.9. The number of ether oxygens (including phenoxy) is 2. The highest BCUT2D eigenvalue weighted by molar-refractivity contribution is 5.44. The summed E-state index contributed by atoms with van der Waals surface area (Å²) >= 11 is 0. The van der Waals surface area contributed by atoms with Crippen LogP contribution in [-0.2, 0) is 19.5 Å². The summed E-state index contributed by atoms with van der Waals surface area (Å²) in [6, 6.07) is 5.98. The van der Waals surface area contributed by atoms with Crippen molar-refractivity contribution in [2.45, 2.75) is 26.4 Å². The molecule has 1 aliphatic heterocycles. The third-order valence-corrected chi connectivity index (χ3v) is 3.11. The summed E-state index contributed by atoms with van der Waals surface area (Å²) in [6.07, 6.45) is 0.763. The van der Waals surface area contributed by atoms with Crippen LogP contribution in [0.25, 0.3) is 0 Å². The van der Waals surface area contributed by atoms with E-state index >= 15 is 0 Å². The minimum absolute atomic E-state index is 0.302. The summed E-state index contributed by atoms with van der Waals surface area (Å²) in [4.78, 5) is 2.12. The summed E-state index contributed by atoms with van der Waals surface area (Å²) in [6.45, 7) is 3.70. The molecule has 0 aliphatic carbocycles. The second-order valence-corrected chi connectivity index (χ2v) is 4.80. The standard InChI is InChI=1S/C14H17N3O3/c1-3-13-15-16-14(20-13)8-17(2)7-10-4-5-11-12(6-10)19-9-18-11/h4-6H,3,7-9H2,1-2H3. The lowest BCUT2D eigenvalue weighted by Gasteiger charge is -2.14. The molecule has 0 unspecified atom stereocenters. The molecule has 0 atom stereocenters. The van der Waals surface area contributed by atoms with Crippen molar-refractivity contribution in [2.24, 2.45) is 0 Å². The number of aromatic nitrogens is 2. The molecule has 1 aromatic heterocycles. The molecule has 2 aromatic rings. The van der Waals surface area contributed by atoms with Gasteiger partial charge >= 0.3 is 0 Å². The summed E-state index contributed by atoms with van der Waals surface area (Å²) in [5.41, 5.74) is 1.16. The zero-order chi connectivity index (χ0) is 13.9. The van der Waals surface area contributed by atoms with Gasteiger partial charge in [0.05, 0.1) is 6.54 Å². The van der Waals surface area contributed by atoms with Crippen molar-refractivity contribution >= 4 is 0 Å². The summed E-state index contributed by atoms with van der Waals surface area (Å²) in [5, 5.41) is 7.99. The summed E-state index contributed by atoms with van der Waals surface area (Å²) in [5.74, 6) is 2.93. The molecular formula is C14H17N3O3. The quantitative estimate of drug-likeness (QED) is 0.831. The maximum atomic E-state index is 5.51. The maximum absolute atomic E-state index is 5.51. The smallest absolute Gasteiger partial charge is 0.231 e. The normalized spacial score (nSPS) is 13.2. The van der Waals surface area contributed by atoms with Crippen LogP contribution in [0.5, 0.6) is 11.5 Å². The highest BCUT2D eigenvalue weighted by atomic mass is 16.7. The monoisotopic (exact) mass is 275 g/mol. The molecule has 1 aromatic carbocycles. The van der Waals surface area contributed by atoms with Crippen molar-refractivity contribution in [3.05, 3.63) is 35.5 Å². The van der Waals surface area contributed by atoms with Crippen LogP contribution in [0.2, 0.25) is 0 Å². The highest BCUT2D eigenvalue weighted by Crippen LogP contribution is 2.32. The molecule has 6 heteroatoms. The van der Waals surface area contributed by atoms with E-state index in [2.05, 4.69) is 15.1 Å². The van der Waals surface area contributed by atoms with Crippen molar-refractivity contribution in [2.75, 3.05) is 13.8 Å². The third kappa shape index (κ3) is 2.75. The molecule has 6 nitrogen and oxygen atoms in total. The van der Waals surface area contributed by atoms with E-state index in [1.807, 2.05) is 32.2 Å². The van der Waals surface area contributed by atoms with Gasteiger partial charge in [0, 0.05) is 13.0 Å². The Morgan fingerprint density at radius 3 is 2.70 bits per heavy atom. The fourth-order valence-electron chi connectivity index (χ4n) is 2.13. The SMILES string of the molecule is CCc1nnc(CN(C)Cc2ccc3c(c2)OCO3)o1. The minimum Gasteiger partial charge on any atom is -0.454 e. The van der Waals surface area contributed by atoms with Crippen molar-refractivity contribution in [1.82, 2.24) is 15.1 Å². The van der Waals surface area contributed by atoms with Crippen molar-refractivity contribution in [3.63, 3.8) is 0 Å². The Morgan fingerprint density at radius 2 is 1.90 bits per heavy atom. The zero-order valence-electron chi connectivity index (χ0n) is 11.6. The molecular weight excluding hydrogens is 258 g/mol. The fraction of sp³-hybridized carbons (Fsp3) is 0.429. The molecule has 0 spiro atoms. The first-order valence-electron chi connectivity index (χ1n) is 6.63. The Labute approximate surface area is 117 Å². The number of nitrogens with zero attached hydrogens (tertiary/aromatic N) is 3. The zero-order valence-corrected chi connectivity index (χ0v) is 11.6. The fourth-order valence-corrected chi connectivity index (χ4v) is 2.13. The number of hydrogen-bond acceptors (Lipinski definition) is 6. The van der Waals surface area contributed by atoms with Crippen molar-refractivity contribution < 1.29 is 13.9 Å². The van der Waals surface area contributed by atoms with E-state index in [0.29, 0.717) is 25.1 Å². The van der Waals surface area contributed by atoms with Gasteiger partial charge in [-0.15, -0.1) is 10.2 Å². The lowest BCUT2D eigenvalue weighted by molar-refractivity contribution is 0.174. The van der Waals surface area contributed by atoms with Crippen LogP contribution in [0.3, 0.4) is 0 Å². The number of fused-ring (bicyclic) bond motifs is 1. The average molecular weight is 275 g/mol. The van der Waals surface area contributed by atoms with Gasteiger partial charge in [-0.3, -0.25) is 4.90 Å². The number of benzene rings is 1. The third-order valence-electron chi connectivity index (χ3n) is 3.11. The van der Waals surface area contributed by atoms with Gasteiger partial charge in [0.15, 0.2) is 11.5 Å². The van der Waals surface area contributed by atoms with E-state index in [1.54, 1.807) is 0 Å². The molecule has 0 saturated heterocycles. The van der Waals surface area contributed by atoms with E-state index in [4.69, 9.17) is 13.9 Å². The second kappa shape index (κ2) is 5.50. The van der Waals surface area contributed by atoms with Gasteiger partial charge in [-0.25, -0.2) is 0 Å². The van der Waals surface area contributed by atoms with Gasteiger partial charge in [0.25, 0.3) is 0 Å². The molecule has 0 amide bonds.